The molecule has 120 valence electrons. The van der Waals surface area contributed by atoms with Crippen molar-refractivity contribution in [3.05, 3.63) is 11.9 Å². The molecule has 8 heteroatoms. The van der Waals surface area contributed by atoms with Crippen LogP contribution in [0.3, 0.4) is 0 Å². The number of piperidine rings is 1. The maximum absolute atomic E-state index is 12.5. The van der Waals surface area contributed by atoms with Crippen LogP contribution in [0.4, 0.5) is 0 Å². The smallest absolute Gasteiger partial charge is 0.236 e. The monoisotopic (exact) mass is 307 g/mol. The third-order valence-corrected chi connectivity index (χ3v) is 4.74. The minimum absolute atomic E-state index is 0.0913. The molecule has 22 heavy (non-hydrogen) atoms. The molecule has 3 aliphatic rings. The lowest BCUT2D eigenvalue weighted by molar-refractivity contribution is -0.140. The fourth-order valence-electron chi connectivity index (χ4n) is 3.46. The predicted octanol–water partition coefficient (Wildman–Crippen LogP) is -0.717. The number of hydrogen-bond acceptors (Lipinski definition) is 6. The van der Waals surface area contributed by atoms with Crippen molar-refractivity contribution in [1.29, 1.82) is 0 Å². The number of morpholine rings is 1. The van der Waals surface area contributed by atoms with E-state index < -0.39 is 0 Å². The van der Waals surface area contributed by atoms with Crippen LogP contribution < -0.4 is 0 Å². The molecule has 8 nitrogen and oxygen atoms in total. The molecule has 2 saturated heterocycles. The fourth-order valence-corrected chi connectivity index (χ4v) is 3.46. The minimum atomic E-state index is 0.0913. The SMILES string of the molecule is O=C(CN1CCOCC1)N1CC[C@H]2OCc3cnnn3[C@H]2C1. The van der Waals surface area contributed by atoms with Crippen molar-refractivity contribution in [3.63, 3.8) is 0 Å². The Morgan fingerprint density at radius 3 is 3.05 bits per heavy atom. The molecule has 0 saturated carbocycles. The number of carbonyl (C=O) groups is 1. The van der Waals surface area contributed by atoms with E-state index in [-0.39, 0.29) is 18.1 Å². The van der Waals surface area contributed by atoms with Gasteiger partial charge in [-0.2, -0.15) is 0 Å². The zero-order valence-corrected chi connectivity index (χ0v) is 12.6. The number of carbonyl (C=O) groups excluding carboxylic acids is 1. The molecule has 0 spiro atoms. The molecule has 2 fully saturated rings. The van der Waals surface area contributed by atoms with Crippen molar-refractivity contribution < 1.29 is 14.3 Å². The van der Waals surface area contributed by atoms with Gasteiger partial charge in [-0.3, -0.25) is 9.69 Å². The van der Waals surface area contributed by atoms with Crippen LogP contribution in [0.15, 0.2) is 6.20 Å². The summed E-state index contributed by atoms with van der Waals surface area (Å²) in [6.07, 6.45) is 2.74. The Hall–Kier alpha value is -1.51. The van der Waals surface area contributed by atoms with Crippen molar-refractivity contribution in [1.82, 2.24) is 24.8 Å². The molecular weight excluding hydrogens is 286 g/mol. The summed E-state index contributed by atoms with van der Waals surface area (Å²) in [6.45, 7) is 5.56. The van der Waals surface area contributed by atoms with E-state index in [1.807, 2.05) is 9.58 Å². The van der Waals surface area contributed by atoms with E-state index in [9.17, 15) is 4.79 Å². The molecule has 4 heterocycles. The van der Waals surface area contributed by atoms with Gasteiger partial charge in [-0.25, -0.2) is 4.68 Å². The van der Waals surface area contributed by atoms with Gasteiger partial charge < -0.3 is 14.4 Å². The van der Waals surface area contributed by atoms with Crippen molar-refractivity contribution in [3.8, 4) is 0 Å². The summed E-state index contributed by atoms with van der Waals surface area (Å²) in [6, 6.07) is 0.0913. The summed E-state index contributed by atoms with van der Waals surface area (Å²) in [5.74, 6) is 0.188. The zero-order chi connectivity index (χ0) is 14.9. The summed E-state index contributed by atoms with van der Waals surface area (Å²) < 4.78 is 13.1. The number of hydrogen-bond donors (Lipinski definition) is 0. The van der Waals surface area contributed by atoms with Gasteiger partial charge in [0.1, 0.15) is 0 Å². The largest absolute Gasteiger partial charge is 0.379 e. The van der Waals surface area contributed by atoms with Gasteiger partial charge >= 0.3 is 0 Å². The molecule has 0 radical (unpaired) electrons. The first-order chi connectivity index (χ1) is 10.8. The number of aromatic nitrogens is 3. The van der Waals surface area contributed by atoms with Crippen LogP contribution in [0.1, 0.15) is 18.2 Å². The minimum Gasteiger partial charge on any atom is -0.379 e. The summed E-state index contributed by atoms with van der Waals surface area (Å²) in [5.41, 5.74) is 0.990. The molecule has 0 aromatic carbocycles. The molecule has 0 aliphatic carbocycles. The lowest BCUT2D eigenvalue weighted by Crippen LogP contribution is -2.52. The van der Waals surface area contributed by atoms with Crippen molar-refractivity contribution in [2.45, 2.75) is 25.2 Å². The van der Waals surface area contributed by atoms with Crippen LogP contribution in [-0.2, 0) is 20.9 Å². The first-order valence-corrected chi connectivity index (χ1v) is 7.90. The quantitative estimate of drug-likeness (QED) is 0.718. The van der Waals surface area contributed by atoms with Gasteiger partial charge in [0.25, 0.3) is 0 Å². The van der Waals surface area contributed by atoms with E-state index in [4.69, 9.17) is 9.47 Å². The van der Waals surface area contributed by atoms with Crippen LogP contribution in [0.25, 0.3) is 0 Å². The van der Waals surface area contributed by atoms with Crippen LogP contribution in [0.5, 0.6) is 0 Å². The normalized spacial score (nSPS) is 29.0. The fraction of sp³-hybridized carbons (Fsp3) is 0.786. The second-order valence-corrected chi connectivity index (χ2v) is 6.10. The van der Waals surface area contributed by atoms with Gasteiger partial charge in [0.2, 0.25) is 5.91 Å². The molecule has 3 aliphatic heterocycles. The molecule has 1 aromatic heterocycles. The molecule has 0 bridgehead atoms. The van der Waals surface area contributed by atoms with E-state index in [0.29, 0.717) is 32.9 Å². The predicted molar refractivity (Wildman–Crippen MR) is 76.1 cm³/mol. The van der Waals surface area contributed by atoms with Gasteiger partial charge in [0.05, 0.1) is 50.4 Å². The lowest BCUT2D eigenvalue weighted by Gasteiger charge is -2.41. The van der Waals surface area contributed by atoms with Crippen LogP contribution in [0.2, 0.25) is 0 Å². The Labute approximate surface area is 128 Å². The van der Waals surface area contributed by atoms with E-state index in [2.05, 4.69) is 15.2 Å². The highest BCUT2D eigenvalue weighted by Crippen LogP contribution is 2.30. The maximum Gasteiger partial charge on any atom is 0.236 e. The third-order valence-electron chi connectivity index (χ3n) is 4.74. The number of amides is 1. The van der Waals surface area contributed by atoms with Gasteiger partial charge in [-0.05, 0) is 6.42 Å². The first-order valence-electron chi connectivity index (χ1n) is 7.90. The Bertz CT molecular complexity index is 542. The van der Waals surface area contributed by atoms with Crippen LogP contribution in [-0.4, -0.2) is 82.7 Å². The average molecular weight is 307 g/mol. The van der Waals surface area contributed by atoms with Gasteiger partial charge in [0, 0.05) is 26.2 Å². The standard InChI is InChI=1S/C14H21N5O3/c20-14(9-17-3-5-21-6-4-17)18-2-1-13-12(8-18)19-11(10-22-13)7-15-16-19/h7,12-13H,1-6,8-10H2/t12-,13+/m0/s1. The van der Waals surface area contributed by atoms with E-state index in [1.54, 1.807) is 6.20 Å². The van der Waals surface area contributed by atoms with E-state index in [0.717, 1.165) is 31.7 Å². The molecule has 0 N–H and O–H groups in total. The number of likely N-dealkylation sites (tertiary alicyclic amines) is 1. The van der Waals surface area contributed by atoms with Crippen LogP contribution >= 0.6 is 0 Å². The highest BCUT2D eigenvalue weighted by Gasteiger charge is 2.38. The number of nitrogens with zero attached hydrogens (tertiary/aromatic N) is 5. The molecule has 1 aromatic rings. The average Bonchev–Trinajstić information content (AvgIpc) is 3.04. The first kappa shape index (κ1) is 14.1. The van der Waals surface area contributed by atoms with Gasteiger partial charge in [0.15, 0.2) is 0 Å². The Kier molecular flexibility index (Phi) is 3.81. The second-order valence-electron chi connectivity index (χ2n) is 6.10. The van der Waals surface area contributed by atoms with Crippen LogP contribution in [0, 0.1) is 0 Å². The highest BCUT2D eigenvalue weighted by molar-refractivity contribution is 5.78. The number of rotatable bonds is 2. The Morgan fingerprint density at radius 1 is 1.32 bits per heavy atom. The molecule has 0 unspecified atom stereocenters. The zero-order valence-electron chi connectivity index (χ0n) is 12.6. The molecule has 1 amide bonds. The van der Waals surface area contributed by atoms with Gasteiger partial charge in [-0.15, -0.1) is 5.10 Å². The van der Waals surface area contributed by atoms with Crippen molar-refractivity contribution >= 4 is 5.91 Å². The lowest BCUT2D eigenvalue weighted by atomic mass is 10.0. The third kappa shape index (κ3) is 2.62. The Balaban J connectivity index is 1.41. The second kappa shape index (κ2) is 5.94. The van der Waals surface area contributed by atoms with Gasteiger partial charge in [-0.1, -0.05) is 5.21 Å². The molecule has 2 atom stereocenters. The number of ether oxygens (including phenoxy) is 2. The van der Waals surface area contributed by atoms with Crippen molar-refractivity contribution in [2.75, 3.05) is 45.9 Å². The summed E-state index contributed by atoms with van der Waals surface area (Å²) in [7, 11) is 0. The summed E-state index contributed by atoms with van der Waals surface area (Å²) >= 11 is 0. The summed E-state index contributed by atoms with van der Waals surface area (Å²) in [4.78, 5) is 16.7. The molecule has 4 rings (SSSR count). The van der Waals surface area contributed by atoms with Crippen molar-refractivity contribution in [2.24, 2.45) is 0 Å². The van der Waals surface area contributed by atoms with E-state index in [1.165, 1.54) is 0 Å². The van der Waals surface area contributed by atoms with E-state index >= 15 is 0 Å². The highest BCUT2D eigenvalue weighted by atomic mass is 16.5. The summed E-state index contributed by atoms with van der Waals surface area (Å²) in [5, 5.41) is 8.14. The Morgan fingerprint density at radius 2 is 2.18 bits per heavy atom. The number of fused-ring (bicyclic) bond motifs is 3. The maximum atomic E-state index is 12.5. The topological polar surface area (TPSA) is 72.7 Å². The molecular formula is C14H21N5O3.